The van der Waals surface area contributed by atoms with E-state index < -0.39 is 10.0 Å². The van der Waals surface area contributed by atoms with Crippen LogP contribution in [0.25, 0.3) is 0 Å². The molecule has 0 aliphatic carbocycles. The van der Waals surface area contributed by atoms with Crippen molar-refractivity contribution in [2.24, 2.45) is 5.92 Å². The van der Waals surface area contributed by atoms with Gasteiger partial charge in [-0.3, -0.25) is 4.79 Å². The summed E-state index contributed by atoms with van der Waals surface area (Å²) < 4.78 is 27.8. The maximum absolute atomic E-state index is 13.2. The highest BCUT2D eigenvalue weighted by Gasteiger charge is 2.34. The molecule has 27 heavy (non-hydrogen) atoms. The summed E-state index contributed by atoms with van der Waals surface area (Å²) >= 11 is 0. The van der Waals surface area contributed by atoms with Crippen molar-refractivity contribution in [3.63, 3.8) is 0 Å². The SMILES string of the molecule is Cc1cc(C)c(S(=O)(=O)N2CCC(C(=O)NC3CCCNC3)CC2)c(C)c1. The second kappa shape index (κ2) is 8.29. The normalized spacial score (nSPS) is 22.6. The molecule has 1 atom stereocenters. The fraction of sp³-hybridized carbons (Fsp3) is 0.650. The molecular weight excluding hydrogens is 362 g/mol. The van der Waals surface area contributed by atoms with Crippen LogP contribution in [0.5, 0.6) is 0 Å². The minimum atomic E-state index is -3.52. The Bertz CT molecular complexity index is 770. The predicted molar refractivity (Wildman–Crippen MR) is 106 cm³/mol. The van der Waals surface area contributed by atoms with Gasteiger partial charge in [0.2, 0.25) is 15.9 Å². The molecule has 1 amide bonds. The summed E-state index contributed by atoms with van der Waals surface area (Å²) in [7, 11) is -3.52. The van der Waals surface area contributed by atoms with Crippen molar-refractivity contribution in [3.8, 4) is 0 Å². The number of carbonyl (C=O) groups is 1. The van der Waals surface area contributed by atoms with Crippen LogP contribution in [0.2, 0.25) is 0 Å². The quantitative estimate of drug-likeness (QED) is 0.819. The minimum absolute atomic E-state index is 0.0726. The molecule has 3 rings (SSSR count). The first-order valence-electron chi connectivity index (χ1n) is 9.88. The zero-order chi connectivity index (χ0) is 19.6. The average molecular weight is 394 g/mol. The van der Waals surface area contributed by atoms with Gasteiger partial charge in [-0.05, 0) is 64.1 Å². The molecule has 1 unspecified atom stereocenters. The van der Waals surface area contributed by atoms with E-state index in [-0.39, 0.29) is 17.9 Å². The van der Waals surface area contributed by atoms with Gasteiger partial charge in [-0.2, -0.15) is 4.31 Å². The van der Waals surface area contributed by atoms with Gasteiger partial charge >= 0.3 is 0 Å². The van der Waals surface area contributed by atoms with Crippen LogP contribution in [0.15, 0.2) is 17.0 Å². The van der Waals surface area contributed by atoms with Crippen LogP contribution in [0.1, 0.15) is 42.4 Å². The summed E-state index contributed by atoms with van der Waals surface area (Å²) in [5.74, 6) is -0.0259. The molecule has 1 aromatic rings. The molecule has 7 heteroatoms. The molecule has 0 aromatic heterocycles. The molecule has 1 aromatic carbocycles. The molecule has 2 saturated heterocycles. The molecule has 2 N–H and O–H groups in total. The number of nitrogens with zero attached hydrogens (tertiary/aromatic N) is 1. The van der Waals surface area contributed by atoms with Gasteiger partial charge in [0.25, 0.3) is 0 Å². The fourth-order valence-electron chi connectivity index (χ4n) is 4.36. The summed E-state index contributed by atoms with van der Waals surface area (Å²) in [4.78, 5) is 13.0. The molecule has 0 bridgehead atoms. The Labute approximate surface area is 162 Å². The smallest absolute Gasteiger partial charge is 0.243 e. The van der Waals surface area contributed by atoms with Crippen LogP contribution in [0.3, 0.4) is 0 Å². The van der Waals surface area contributed by atoms with E-state index in [2.05, 4.69) is 10.6 Å². The van der Waals surface area contributed by atoms with E-state index in [1.165, 1.54) is 0 Å². The third-order valence-corrected chi connectivity index (χ3v) is 7.88. The number of hydrogen-bond acceptors (Lipinski definition) is 4. The highest BCUT2D eigenvalue weighted by Crippen LogP contribution is 2.29. The first-order valence-corrected chi connectivity index (χ1v) is 11.3. The highest BCUT2D eigenvalue weighted by atomic mass is 32.2. The zero-order valence-corrected chi connectivity index (χ0v) is 17.4. The largest absolute Gasteiger partial charge is 0.352 e. The molecule has 2 fully saturated rings. The van der Waals surface area contributed by atoms with E-state index in [9.17, 15) is 13.2 Å². The van der Waals surface area contributed by atoms with Gasteiger partial charge in [0.15, 0.2) is 0 Å². The van der Waals surface area contributed by atoms with Crippen molar-refractivity contribution >= 4 is 15.9 Å². The lowest BCUT2D eigenvalue weighted by molar-refractivity contribution is -0.126. The van der Waals surface area contributed by atoms with Crippen LogP contribution >= 0.6 is 0 Å². The molecule has 150 valence electrons. The molecule has 0 spiro atoms. The van der Waals surface area contributed by atoms with E-state index in [4.69, 9.17) is 0 Å². The molecule has 0 saturated carbocycles. The summed E-state index contributed by atoms with van der Waals surface area (Å²) in [6.07, 6.45) is 3.25. The Morgan fingerprint density at radius 3 is 2.30 bits per heavy atom. The van der Waals surface area contributed by atoms with E-state index in [0.29, 0.717) is 30.8 Å². The lowest BCUT2D eigenvalue weighted by atomic mass is 9.96. The van der Waals surface area contributed by atoms with Gasteiger partial charge in [0.05, 0.1) is 4.90 Å². The van der Waals surface area contributed by atoms with Gasteiger partial charge < -0.3 is 10.6 Å². The van der Waals surface area contributed by atoms with Crippen LogP contribution < -0.4 is 10.6 Å². The Morgan fingerprint density at radius 1 is 1.11 bits per heavy atom. The van der Waals surface area contributed by atoms with E-state index in [1.54, 1.807) is 4.31 Å². The number of hydrogen-bond donors (Lipinski definition) is 2. The summed E-state index contributed by atoms with van der Waals surface area (Å²) in [5.41, 5.74) is 2.64. The van der Waals surface area contributed by atoms with E-state index in [0.717, 1.165) is 42.6 Å². The van der Waals surface area contributed by atoms with Crippen molar-refractivity contribution in [2.75, 3.05) is 26.2 Å². The summed E-state index contributed by atoms with van der Waals surface area (Å²) in [5, 5.41) is 6.43. The van der Waals surface area contributed by atoms with Gasteiger partial charge in [-0.25, -0.2) is 8.42 Å². The second-order valence-corrected chi connectivity index (χ2v) is 9.83. The Hall–Kier alpha value is -1.44. The summed E-state index contributed by atoms with van der Waals surface area (Å²) in [6.45, 7) is 8.32. The third kappa shape index (κ3) is 4.52. The highest BCUT2D eigenvalue weighted by molar-refractivity contribution is 7.89. The third-order valence-electron chi connectivity index (χ3n) is 5.67. The number of aryl methyl sites for hydroxylation is 3. The molecule has 2 aliphatic heterocycles. The summed E-state index contributed by atoms with van der Waals surface area (Å²) in [6, 6.07) is 4.03. The lowest BCUT2D eigenvalue weighted by Crippen LogP contribution is -2.49. The second-order valence-electron chi connectivity index (χ2n) is 7.96. The van der Waals surface area contributed by atoms with Crippen LogP contribution in [0.4, 0.5) is 0 Å². The first kappa shape index (κ1) is 20.3. The Kier molecular flexibility index (Phi) is 6.23. The topological polar surface area (TPSA) is 78.5 Å². The fourth-order valence-corrected chi connectivity index (χ4v) is 6.24. The van der Waals surface area contributed by atoms with Crippen molar-refractivity contribution in [1.82, 2.24) is 14.9 Å². The first-order chi connectivity index (χ1) is 12.8. The zero-order valence-electron chi connectivity index (χ0n) is 16.5. The lowest BCUT2D eigenvalue weighted by Gasteiger charge is -2.33. The molecule has 2 heterocycles. The van der Waals surface area contributed by atoms with Crippen LogP contribution in [0, 0.1) is 26.7 Å². The number of sulfonamides is 1. The van der Waals surface area contributed by atoms with Crippen molar-refractivity contribution in [1.29, 1.82) is 0 Å². The van der Waals surface area contributed by atoms with Gasteiger partial charge in [-0.15, -0.1) is 0 Å². The Balaban J connectivity index is 1.64. The number of rotatable bonds is 4. The van der Waals surface area contributed by atoms with Crippen molar-refractivity contribution in [2.45, 2.75) is 57.4 Å². The Morgan fingerprint density at radius 2 is 1.74 bits per heavy atom. The van der Waals surface area contributed by atoms with Gasteiger partial charge in [-0.1, -0.05) is 17.7 Å². The number of carbonyl (C=O) groups excluding carboxylic acids is 1. The minimum Gasteiger partial charge on any atom is -0.352 e. The monoisotopic (exact) mass is 393 g/mol. The van der Waals surface area contributed by atoms with Crippen LogP contribution in [-0.2, 0) is 14.8 Å². The van der Waals surface area contributed by atoms with Gasteiger partial charge in [0.1, 0.15) is 0 Å². The number of amides is 1. The maximum Gasteiger partial charge on any atom is 0.243 e. The molecule has 6 nitrogen and oxygen atoms in total. The predicted octanol–water partition coefficient (Wildman–Crippen LogP) is 1.88. The number of benzene rings is 1. The maximum atomic E-state index is 13.2. The molecule has 0 radical (unpaired) electrons. The van der Waals surface area contributed by atoms with Crippen LogP contribution in [-0.4, -0.2) is 50.9 Å². The van der Waals surface area contributed by atoms with Crippen molar-refractivity contribution < 1.29 is 13.2 Å². The van der Waals surface area contributed by atoms with Crippen molar-refractivity contribution in [3.05, 3.63) is 28.8 Å². The molecular formula is C20H31N3O3S. The average Bonchev–Trinajstić information content (AvgIpc) is 2.61. The van der Waals surface area contributed by atoms with E-state index >= 15 is 0 Å². The van der Waals surface area contributed by atoms with E-state index in [1.807, 2.05) is 32.9 Å². The molecule has 2 aliphatic rings. The standard InChI is InChI=1S/C20H31N3O3S/c1-14-11-15(2)19(16(3)12-14)27(25,26)23-9-6-17(7-10-23)20(24)22-18-5-4-8-21-13-18/h11-12,17-18,21H,4-10,13H2,1-3H3,(H,22,24). The van der Waals surface area contributed by atoms with Gasteiger partial charge in [0, 0.05) is 31.6 Å². The number of nitrogens with one attached hydrogen (secondary N) is 2. The number of piperidine rings is 2.